The molecule has 1 unspecified atom stereocenters. The largest absolute Gasteiger partial charge is 0.354 e. The van der Waals surface area contributed by atoms with Gasteiger partial charge in [0.2, 0.25) is 0 Å². The normalized spacial score (nSPS) is 13.3. The lowest BCUT2D eigenvalue weighted by atomic mass is 10.1. The highest BCUT2D eigenvalue weighted by molar-refractivity contribution is 7.09. The van der Waals surface area contributed by atoms with Gasteiger partial charge in [0.15, 0.2) is 5.96 Å². The van der Waals surface area contributed by atoms with Crippen molar-refractivity contribution in [2.75, 3.05) is 7.05 Å². The molecule has 3 nitrogen and oxygen atoms in total. The lowest BCUT2D eigenvalue weighted by Crippen LogP contribution is -2.41. The molecule has 0 amide bonds. The maximum absolute atomic E-state index is 4.27. The number of rotatable bonds is 8. The summed E-state index contributed by atoms with van der Waals surface area (Å²) in [5.74, 6) is 0.899. The zero-order chi connectivity index (χ0) is 13.9. The quantitative estimate of drug-likeness (QED) is 0.432. The molecule has 1 atom stereocenters. The molecule has 0 aliphatic rings. The number of nitrogens with one attached hydrogen (secondary N) is 2. The van der Waals surface area contributed by atoms with Crippen LogP contribution in [0.2, 0.25) is 0 Å². The molecule has 0 bridgehead atoms. The van der Waals surface area contributed by atoms with Gasteiger partial charge in [-0.25, -0.2) is 0 Å². The van der Waals surface area contributed by atoms with Crippen LogP contribution < -0.4 is 10.6 Å². The minimum absolute atomic E-state index is 0.478. The van der Waals surface area contributed by atoms with Crippen LogP contribution in [0.15, 0.2) is 22.5 Å². The minimum Gasteiger partial charge on any atom is -0.354 e. The van der Waals surface area contributed by atoms with Crippen LogP contribution in [-0.4, -0.2) is 19.0 Å². The highest BCUT2D eigenvalue weighted by atomic mass is 32.1. The van der Waals surface area contributed by atoms with Gasteiger partial charge in [-0.05, 0) is 24.8 Å². The Morgan fingerprint density at radius 2 is 2.21 bits per heavy atom. The molecule has 1 aromatic rings. The second-order valence-electron chi connectivity index (χ2n) is 4.90. The first-order valence-electron chi connectivity index (χ1n) is 7.25. The SMILES string of the molecule is CCCCCCC(C)NC(=NC)NCc1cccs1. The zero-order valence-electron chi connectivity index (χ0n) is 12.4. The van der Waals surface area contributed by atoms with Crippen LogP contribution in [0.3, 0.4) is 0 Å². The van der Waals surface area contributed by atoms with Crippen LogP contribution >= 0.6 is 11.3 Å². The Kier molecular flexibility index (Phi) is 8.30. The highest BCUT2D eigenvalue weighted by Crippen LogP contribution is 2.07. The number of hydrogen-bond acceptors (Lipinski definition) is 2. The average molecular weight is 281 g/mol. The van der Waals surface area contributed by atoms with E-state index < -0.39 is 0 Å². The summed E-state index contributed by atoms with van der Waals surface area (Å²) in [5, 5.41) is 8.90. The van der Waals surface area contributed by atoms with Crippen molar-refractivity contribution in [3.8, 4) is 0 Å². The molecular formula is C15H27N3S. The van der Waals surface area contributed by atoms with Crippen molar-refractivity contribution in [3.05, 3.63) is 22.4 Å². The smallest absolute Gasteiger partial charge is 0.191 e. The van der Waals surface area contributed by atoms with E-state index in [2.05, 4.69) is 47.0 Å². The molecule has 0 spiro atoms. The van der Waals surface area contributed by atoms with Crippen LogP contribution in [-0.2, 0) is 6.54 Å². The summed E-state index contributed by atoms with van der Waals surface area (Å²) in [4.78, 5) is 5.60. The van der Waals surface area contributed by atoms with E-state index in [0.29, 0.717) is 6.04 Å². The van der Waals surface area contributed by atoms with Gasteiger partial charge in [0.1, 0.15) is 0 Å². The summed E-state index contributed by atoms with van der Waals surface area (Å²) in [5.41, 5.74) is 0. The van der Waals surface area contributed by atoms with Crippen molar-refractivity contribution in [2.24, 2.45) is 4.99 Å². The summed E-state index contributed by atoms with van der Waals surface area (Å²) in [6, 6.07) is 4.69. The average Bonchev–Trinajstić information content (AvgIpc) is 2.92. The predicted molar refractivity (Wildman–Crippen MR) is 85.9 cm³/mol. The first-order valence-corrected chi connectivity index (χ1v) is 8.13. The van der Waals surface area contributed by atoms with Gasteiger partial charge in [0.05, 0.1) is 6.54 Å². The van der Waals surface area contributed by atoms with Gasteiger partial charge in [0, 0.05) is 18.0 Å². The predicted octanol–water partition coefficient (Wildman–Crippen LogP) is 3.77. The van der Waals surface area contributed by atoms with Crippen molar-refractivity contribution < 1.29 is 0 Å². The van der Waals surface area contributed by atoms with Gasteiger partial charge in [-0.2, -0.15) is 0 Å². The summed E-state index contributed by atoms with van der Waals surface area (Å²) >= 11 is 1.77. The molecule has 0 aliphatic carbocycles. The van der Waals surface area contributed by atoms with Gasteiger partial charge >= 0.3 is 0 Å². The molecule has 0 radical (unpaired) electrons. The molecule has 4 heteroatoms. The molecule has 0 saturated carbocycles. The third-order valence-electron chi connectivity index (χ3n) is 3.11. The first kappa shape index (κ1) is 16.0. The van der Waals surface area contributed by atoms with Gasteiger partial charge in [-0.15, -0.1) is 11.3 Å². The minimum atomic E-state index is 0.478. The van der Waals surface area contributed by atoms with Crippen LogP contribution in [0.4, 0.5) is 0 Å². The number of aliphatic imine (C=N–C) groups is 1. The van der Waals surface area contributed by atoms with Crippen molar-refractivity contribution in [3.63, 3.8) is 0 Å². The first-order chi connectivity index (χ1) is 9.26. The van der Waals surface area contributed by atoms with E-state index in [4.69, 9.17) is 0 Å². The van der Waals surface area contributed by atoms with E-state index in [-0.39, 0.29) is 0 Å². The van der Waals surface area contributed by atoms with Crippen LogP contribution in [0.5, 0.6) is 0 Å². The molecule has 0 saturated heterocycles. The molecule has 1 heterocycles. The Balaban J connectivity index is 2.20. The Labute approximate surface area is 121 Å². The molecule has 0 aliphatic heterocycles. The second-order valence-corrected chi connectivity index (χ2v) is 5.93. The molecule has 0 aromatic carbocycles. The van der Waals surface area contributed by atoms with Crippen LogP contribution in [0.1, 0.15) is 50.8 Å². The fraction of sp³-hybridized carbons (Fsp3) is 0.667. The summed E-state index contributed by atoms with van der Waals surface area (Å²) < 4.78 is 0. The van der Waals surface area contributed by atoms with E-state index in [1.807, 2.05) is 7.05 Å². The third kappa shape index (κ3) is 7.21. The molecule has 2 N–H and O–H groups in total. The topological polar surface area (TPSA) is 36.4 Å². The summed E-state index contributed by atoms with van der Waals surface area (Å²) in [6.45, 7) is 5.32. The van der Waals surface area contributed by atoms with Crippen LogP contribution in [0.25, 0.3) is 0 Å². The lowest BCUT2D eigenvalue weighted by molar-refractivity contribution is 0.537. The van der Waals surface area contributed by atoms with Gasteiger partial charge in [-0.1, -0.05) is 38.7 Å². The molecule has 19 heavy (non-hydrogen) atoms. The van der Waals surface area contributed by atoms with E-state index in [1.165, 1.54) is 37.0 Å². The lowest BCUT2D eigenvalue weighted by Gasteiger charge is -2.17. The number of guanidine groups is 1. The monoisotopic (exact) mass is 281 g/mol. The number of unbranched alkanes of at least 4 members (excludes halogenated alkanes) is 3. The molecule has 1 aromatic heterocycles. The third-order valence-corrected chi connectivity index (χ3v) is 3.98. The number of hydrogen-bond donors (Lipinski definition) is 2. The van der Waals surface area contributed by atoms with Crippen molar-refractivity contribution in [2.45, 2.75) is 58.5 Å². The maximum Gasteiger partial charge on any atom is 0.191 e. The number of nitrogens with zero attached hydrogens (tertiary/aromatic N) is 1. The fourth-order valence-electron chi connectivity index (χ4n) is 1.96. The molecule has 0 fully saturated rings. The summed E-state index contributed by atoms with van der Waals surface area (Å²) in [7, 11) is 1.83. The Morgan fingerprint density at radius 3 is 2.84 bits per heavy atom. The van der Waals surface area contributed by atoms with E-state index in [9.17, 15) is 0 Å². The van der Waals surface area contributed by atoms with E-state index in [1.54, 1.807) is 11.3 Å². The Bertz CT molecular complexity index is 346. The zero-order valence-corrected chi connectivity index (χ0v) is 13.2. The van der Waals surface area contributed by atoms with Gasteiger partial charge < -0.3 is 10.6 Å². The van der Waals surface area contributed by atoms with Crippen molar-refractivity contribution in [1.82, 2.24) is 10.6 Å². The molecule has 108 valence electrons. The Hall–Kier alpha value is -1.03. The number of thiophene rings is 1. The standard InChI is InChI=1S/C15H27N3S/c1-4-5-6-7-9-13(2)18-15(16-3)17-12-14-10-8-11-19-14/h8,10-11,13H,4-7,9,12H2,1-3H3,(H2,16,17,18). The van der Waals surface area contributed by atoms with Crippen molar-refractivity contribution in [1.29, 1.82) is 0 Å². The van der Waals surface area contributed by atoms with E-state index >= 15 is 0 Å². The molecule has 1 rings (SSSR count). The van der Waals surface area contributed by atoms with Crippen LogP contribution in [0, 0.1) is 0 Å². The van der Waals surface area contributed by atoms with Gasteiger partial charge in [-0.3, -0.25) is 4.99 Å². The fourth-order valence-corrected chi connectivity index (χ4v) is 2.61. The molecular weight excluding hydrogens is 254 g/mol. The Morgan fingerprint density at radius 1 is 1.37 bits per heavy atom. The summed E-state index contributed by atoms with van der Waals surface area (Å²) in [6.07, 6.45) is 6.48. The van der Waals surface area contributed by atoms with E-state index in [0.717, 1.165) is 12.5 Å². The van der Waals surface area contributed by atoms with Gasteiger partial charge in [0.25, 0.3) is 0 Å². The second kappa shape index (κ2) is 9.84. The maximum atomic E-state index is 4.27. The highest BCUT2D eigenvalue weighted by Gasteiger charge is 2.05. The van der Waals surface area contributed by atoms with Crippen molar-refractivity contribution >= 4 is 17.3 Å².